The standard InChI is InChI=1S/C16H25N3O/c1-4-13(9-11-5-6-11)18-15-8-7-12(10-14(15)17)16(20)19(2)3/h7-8,10-11,13,18H,4-6,9,17H2,1-3H3. The fourth-order valence-electron chi connectivity index (χ4n) is 2.39. The first-order valence-electron chi connectivity index (χ1n) is 7.39. The lowest BCUT2D eigenvalue weighted by Crippen LogP contribution is -2.22. The number of nitrogens with one attached hydrogen (secondary N) is 1. The maximum absolute atomic E-state index is 11.9. The molecule has 2 rings (SSSR count). The van der Waals surface area contributed by atoms with Crippen molar-refractivity contribution < 1.29 is 4.79 Å². The molecule has 0 aliphatic heterocycles. The number of carbonyl (C=O) groups is 1. The first-order valence-corrected chi connectivity index (χ1v) is 7.39. The van der Waals surface area contributed by atoms with E-state index in [9.17, 15) is 4.79 Å². The summed E-state index contributed by atoms with van der Waals surface area (Å²) in [4.78, 5) is 13.4. The van der Waals surface area contributed by atoms with E-state index < -0.39 is 0 Å². The van der Waals surface area contributed by atoms with Gasteiger partial charge in [-0.25, -0.2) is 0 Å². The molecule has 1 unspecified atom stereocenters. The Morgan fingerprint density at radius 3 is 2.65 bits per heavy atom. The first kappa shape index (κ1) is 14.7. The highest BCUT2D eigenvalue weighted by Crippen LogP contribution is 2.35. The summed E-state index contributed by atoms with van der Waals surface area (Å²) in [5.41, 5.74) is 8.29. The maximum Gasteiger partial charge on any atom is 0.253 e. The fourth-order valence-corrected chi connectivity index (χ4v) is 2.39. The van der Waals surface area contributed by atoms with E-state index in [-0.39, 0.29) is 5.91 Å². The lowest BCUT2D eigenvalue weighted by Gasteiger charge is -2.20. The second-order valence-corrected chi connectivity index (χ2v) is 5.93. The SMILES string of the molecule is CCC(CC1CC1)Nc1ccc(C(=O)N(C)C)cc1N. The highest BCUT2D eigenvalue weighted by atomic mass is 16.2. The molecule has 0 aromatic heterocycles. The number of carbonyl (C=O) groups excluding carboxylic acids is 1. The van der Waals surface area contributed by atoms with Gasteiger partial charge in [0.05, 0.1) is 11.4 Å². The van der Waals surface area contributed by atoms with E-state index in [2.05, 4.69) is 12.2 Å². The number of rotatable bonds is 6. The monoisotopic (exact) mass is 275 g/mol. The number of amides is 1. The predicted molar refractivity (Wildman–Crippen MR) is 83.9 cm³/mol. The van der Waals surface area contributed by atoms with Gasteiger partial charge in [0.15, 0.2) is 0 Å². The second kappa shape index (κ2) is 6.16. The van der Waals surface area contributed by atoms with Gasteiger partial charge in [-0.2, -0.15) is 0 Å². The minimum absolute atomic E-state index is 0.0201. The van der Waals surface area contributed by atoms with Crippen molar-refractivity contribution in [3.05, 3.63) is 23.8 Å². The second-order valence-electron chi connectivity index (χ2n) is 5.93. The Kier molecular flexibility index (Phi) is 4.53. The summed E-state index contributed by atoms with van der Waals surface area (Å²) >= 11 is 0. The molecule has 1 atom stereocenters. The van der Waals surface area contributed by atoms with Crippen molar-refractivity contribution in [2.75, 3.05) is 25.1 Å². The molecule has 0 spiro atoms. The molecule has 4 nitrogen and oxygen atoms in total. The largest absolute Gasteiger partial charge is 0.397 e. The van der Waals surface area contributed by atoms with Crippen molar-refractivity contribution in [2.24, 2.45) is 5.92 Å². The van der Waals surface area contributed by atoms with Gasteiger partial charge >= 0.3 is 0 Å². The lowest BCUT2D eigenvalue weighted by atomic mass is 10.1. The molecule has 1 amide bonds. The molecule has 1 aliphatic rings. The van der Waals surface area contributed by atoms with Crippen LogP contribution in [-0.4, -0.2) is 30.9 Å². The fraction of sp³-hybridized carbons (Fsp3) is 0.562. The molecule has 0 bridgehead atoms. The van der Waals surface area contributed by atoms with Crippen LogP contribution in [0.1, 0.15) is 43.0 Å². The smallest absolute Gasteiger partial charge is 0.253 e. The minimum atomic E-state index is -0.0201. The number of anilines is 2. The Balaban J connectivity index is 2.06. The van der Waals surface area contributed by atoms with Gasteiger partial charge in [0.25, 0.3) is 5.91 Å². The van der Waals surface area contributed by atoms with Crippen molar-refractivity contribution in [3.63, 3.8) is 0 Å². The van der Waals surface area contributed by atoms with E-state index in [0.717, 1.165) is 18.0 Å². The molecule has 1 saturated carbocycles. The molecule has 4 heteroatoms. The van der Waals surface area contributed by atoms with Crippen LogP contribution in [0.3, 0.4) is 0 Å². The van der Waals surface area contributed by atoms with Crippen LogP contribution in [0.4, 0.5) is 11.4 Å². The third-order valence-electron chi connectivity index (χ3n) is 3.87. The molecular weight excluding hydrogens is 250 g/mol. The van der Waals surface area contributed by atoms with Gasteiger partial charge in [0.2, 0.25) is 0 Å². The van der Waals surface area contributed by atoms with Gasteiger partial charge in [-0.1, -0.05) is 19.8 Å². The molecule has 0 saturated heterocycles. The Morgan fingerprint density at radius 2 is 2.15 bits per heavy atom. The quantitative estimate of drug-likeness (QED) is 0.785. The van der Waals surface area contributed by atoms with Crippen LogP contribution in [-0.2, 0) is 0 Å². The van der Waals surface area contributed by atoms with Crippen LogP contribution in [0, 0.1) is 5.92 Å². The van der Waals surface area contributed by atoms with Crippen molar-refractivity contribution in [1.82, 2.24) is 4.90 Å². The van der Waals surface area contributed by atoms with Crippen molar-refractivity contribution >= 4 is 17.3 Å². The summed E-state index contributed by atoms with van der Waals surface area (Å²) in [7, 11) is 3.49. The number of benzene rings is 1. The van der Waals surface area contributed by atoms with E-state index >= 15 is 0 Å². The van der Waals surface area contributed by atoms with Crippen molar-refractivity contribution in [2.45, 2.75) is 38.6 Å². The molecule has 1 aromatic carbocycles. The van der Waals surface area contributed by atoms with Crippen LogP contribution in [0.2, 0.25) is 0 Å². The van der Waals surface area contributed by atoms with Crippen LogP contribution < -0.4 is 11.1 Å². The molecule has 0 heterocycles. The van der Waals surface area contributed by atoms with Gasteiger partial charge in [0, 0.05) is 25.7 Å². The Morgan fingerprint density at radius 1 is 1.45 bits per heavy atom. The number of nitrogens with zero attached hydrogens (tertiary/aromatic N) is 1. The molecule has 0 radical (unpaired) electrons. The molecule has 1 aliphatic carbocycles. The number of nitrogens with two attached hydrogens (primary N) is 1. The summed E-state index contributed by atoms with van der Waals surface area (Å²) in [5.74, 6) is 0.872. The van der Waals surface area contributed by atoms with E-state index in [1.54, 1.807) is 25.1 Å². The molecule has 110 valence electrons. The minimum Gasteiger partial charge on any atom is -0.397 e. The number of nitrogen functional groups attached to an aromatic ring is 1. The summed E-state index contributed by atoms with van der Waals surface area (Å²) < 4.78 is 0. The third kappa shape index (κ3) is 3.65. The molecule has 20 heavy (non-hydrogen) atoms. The van der Waals surface area contributed by atoms with Crippen LogP contribution in [0.5, 0.6) is 0 Å². The summed E-state index contributed by atoms with van der Waals surface area (Å²) in [6, 6.07) is 5.99. The third-order valence-corrected chi connectivity index (χ3v) is 3.87. The average molecular weight is 275 g/mol. The van der Waals surface area contributed by atoms with E-state index in [1.165, 1.54) is 19.3 Å². The average Bonchev–Trinajstić information content (AvgIpc) is 3.23. The van der Waals surface area contributed by atoms with E-state index in [4.69, 9.17) is 5.73 Å². The Hall–Kier alpha value is -1.71. The Bertz CT molecular complexity index is 481. The summed E-state index contributed by atoms with van der Waals surface area (Å²) in [5, 5.41) is 3.51. The molecular formula is C16H25N3O. The number of hydrogen-bond donors (Lipinski definition) is 2. The highest BCUT2D eigenvalue weighted by molar-refractivity contribution is 5.95. The van der Waals surface area contributed by atoms with Crippen LogP contribution in [0.15, 0.2) is 18.2 Å². The molecule has 1 fully saturated rings. The van der Waals surface area contributed by atoms with E-state index in [1.807, 2.05) is 12.1 Å². The van der Waals surface area contributed by atoms with Crippen molar-refractivity contribution in [3.8, 4) is 0 Å². The van der Waals surface area contributed by atoms with Gasteiger partial charge in [-0.15, -0.1) is 0 Å². The zero-order valence-corrected chi connectivity index (χ0v) is 12.6. The molecule has 1 aromatic rings. The maximum atomic E-state index is 11.9. The van der Waals surface area contributed by atoms with Gasteiger partial charge in [-0.05, 0) is 37.0 Å². The first-order chi connectivity index (χ1) is 9.51. The zero-order chi connectivity index (χ0) is 14.7. The van der Waals surface area contributed by atoms with Crippen LogP contribution >= 0.6 is 0 Å². The van der Waals surface area contributed by atoms with Crippen LogP contribution in [0.25, 0.3) is 0 Å². The molecule has 3 N–H and O–H groups in total. The summed E-state index contributed by atoms with van der Waals surface area (Å²) in [6.45, 7) is 2.19. The topological polar surface area (TPSA) is 58.4 Å². The van der Waals surface area contributed by atoms with E-state index in [0.29, 0.717) is 17.3 Å². The highest BCUT2D eigenvalue weighted by Gasteiger charge is 2.25. The lowest BCUT2D eigenvalue weighted by molar-refractivity contribution is 0.0827. The Labute approximate surface area is 121 Å². The normalized spacial score (nSPS) is 15.8. The van der Waals surface area contributed by atoms with Gasteiger partial charge < -0.3 is 16.0 Å². The predicted octanol–water partition coefficient (Wildman–Crippen LogP) is 2.96. The van der Waals surface area contributed by atoms with Gasteiger partial charge in [-0.3, -0.25) is 4.79 Å². The van der Waals surface area contributed by atoms with Crippen molar-refractivity contribution in [1.29, 1.82) is 0 Å². The zero-order valence-electron chi connectivity index (χ0n) is 12.6. The number of hydrogen-bond acceptors (Lipinski definition) is 3. The van der Waals surface area contributed by atoms with Gasteiger partial charge in [0.1, 0.15) is 0 Å². The summed E-state index contributed by atoms with van der Waals surface area (Å²) in [6.07, 6.45) is 5.04.